The van der Waals surface area contributed by atoms with Crippen LogP contribution in [-0.2, 0) is 6.61 Å². The van der Waals surface area contributed by atoms with Crippen molar-refractivity contribution in [2.75, 3.05) is 0 Å². The third-order valence-corrected chi connectivity index (χ3v) is 8.15. The molecule has 0 radical (unpaired) electrons. The predicted octanol–water partition coefficient (Wildman–Crippen LogP) is 9.35. The number of carbonyl (C=O) groups is 1. The molecule has 6 rings (SSSR count). The topological polar surface area (TPSA) is 81.8 Å². The van der Waals surface area contributed by atoms with Gasteiger partial charge in [-0.2, -0.15) is 0 Å². The van der Waals surface area contributed by atoms with Gasteiger partial charge in [-0.3, -0.25) is 0 Å². The van der Waals surface area contributed by atoms with E-state index in [1.807, 2.05) is 43.3 Å². The molecule has 3 aromatic carbocycles. The highest BCUT2D eigenvalue weighted by molar-refractivity contribution is 7.17. The third kappa shape index (κ3) is 4.73. The minimum atomic E-state index is -1.32. The van der Waals surface area contributed by atoms with Crippen LogP contribution in [0.25, 0.3) is 32.5 Å². The first-order chi connectivity index (χ1) is 18.4. The van der Waals surface area contributed by atoms with Crippen LogP contribution in [0, 0.1) is 6.92 Å². The molecule has 0 amide bonds. The van der Waals surface area contributed by atoms with E-state index in [1.54, 1.807) is 23.6 Å². The Hall–Kier alpha value is -3.52. The van der Waals surface area contributed by atoms with Crippen LogP contribution in [0.4, 0.5) is 4.79 Å². The molecule has 0 spiro atoms. The van der Waals surface area contributed by atoms with Crippen LogP contribution in [0.2, 0.25) is 10.0 Å². The maximum Gasteiger partial charge on any atom is 0.511 e. The Balaban J connectivity index is 1.26. The van der Waals surface area contributed by atoms with Gasteiger partial charge in [0, 0.05) is 26.9 Å². The second-order valence-electron chi connectivity index (χ2n) is 9.19. The first-order valence-corrected chi connectivity index (χ1v) is 13.6. The Labute approximate surface area is 232 Å². The molecule has 2 heterocycles. The van der Waals surface area contributed by atoms with Gasteiger partial charge in [0.1, 0.15) is 23.8 Å². The number of fused-ring (bicyclic) bond motifs is 1. The number of aryl methyl sites for hydroxylation is 1. The lowest BCUT2D eigenvalue weighted by Crippen LogP contribution is -2.01. The standard InChI is InChI=1S/C29H21Cl2NO5S/c1-15-11-18(8-10-19(15)17-7-9-20-24(36-29(33)34)14-38-25(20)12-17)35-13-21-27(32-37-28(21)16-5-6-16)26-22(30)3-2-4-23(26)31/h2-4,7-12,14,16H,5-6,13H2,1H3,(H,33,34). The van der Waals surface area contributed by atoms with Crippen molar-refractivity contribution in [1.29, 1.82) is 0 Å². The van der Waals surface area contributed by atoms with Gasteiger partial charge in [0.15, 0.2) is 5.75 Å². The third-order valence-electron chi connectivity index (χ3n) is 6.60. The lowest BCUT2D eigenvalue weighted by molar-refractivity contribution is 0.145. The molecule has 192 valence electrons. The monoisotopic (exact) mass is 565 g/mol. The molecule has 1 saturated carbocycles. The maximum absolute atomic E-state index is 10.9. The van der Waals surface area contributed by atoms with Crippen LogP contribution in [0.5, 0.6) is 11.5 Å². The fraction of sp³-hybridized carbons (Fsp3) is 0.172. The van der Waals surface area contributed by atoms with Crippen molar-refractivity contribution >= 4 is 50.8 Å². The molecule has 0 bridgehead atoms. The molecule has 1 N–H and O–H groups in total. The molecule has 1 aliphatic rings. The summed E-state index contributed by atoms with van der Waals surface area (Å²) in [6.07, 6.45) is 0.798. The van der Waals surface area contributed by atoms with E-state index in [0.29, 0.717) is 33.0 Å². The molecule has 5 aromatic rings. The van der Waals surface area contributed by atoms with Gasteiger partial charge in [0.05, 0.1) is 15.6 Å². The number of ether oxygens (including phenoxy) is 2. The highest BCUT2D eigenvalue weighted by atomic mass is 35.5. The van der Waals surface area contributed by atoms with E-state index in [9.17, 15) is 4.79 Å². The molecule has 9 heteroatoms. The fourth-order valence-electron chi connectivity index (χ4n) is 4.60. The molecular formula is C29H21Cl2NO5S. The predicted molar refractivity (Wildman–Crippen MR) is 149 cm³/mol. The highest BCUT2D eigenvalue weighted by Crippen LogP contribution is 2.46. The lowest BCUT2D eigenvalue weighted by atomic mass is 9.99. The van der Waals surface area contributed by atoms with E-state index in [-0.39, 0.29) is 6.61 Å². The van der Waals surface area contributed by atoms with E-state index in [1.165, 1.54) is 11.3 Å². The second kappa shape index (κ2) is 9.98. The zero-order valence-corrected chi connectivity index (χ0v) is 22.5. The van der Waals surface area contributed by atoms with Crippen molar-refractivity contribution < 1.29 is 23.9 Å². The SMILES string of the molecule is Cc1cc(OCc2c(-c3c(Cl)cccc3Cl)noc2C2CC2)ccc1-c1ccc2c(OC(=O)O)csc2c1. The summed E-state index contributed by atoms with van der Waals surface area (Å²) in [6, 6.07) is 17.2. The molecule has 0 aliphatic heterocycles. The Bertz CT molecular complexity index is 1670. The molecular weight excluding hydrogens is 545 g/mol. The van der Waals surface area contributed by atoms with E-state index in [2.05, 4.69) is 5.16 Å². The Morgan fingerprint density at radius 2 is 1.92 bits per heavy atom. The zero-order valence-electron chi connectivity index (χ0n) is 20.2. The number of halogens is 2. The number of thiophene rings is 1. The Morgan fingerprint density at radius 3 is 2.63 bits per heavy atom. The quantitative estimate of drug-likeness (QED) is 0.198. The van der Waals surface area contributed by atoms with Crippen LogP contribution in [0.3, 0.4) is 0 Å². The number of hydrogen-bond donors (Lipinski definition) is 1. The van der Waals surface area contributed by atoms with E-state index in [0.717, 1.165) is 56.7 Å². The fourth-order valence-corrected chi connectivity index (χ4v) is 6.07. The summed E-state index contributed by atoms with van der Waals surface area (Å²) >= 11 is 14.4. The van der Waals surface area contributed by atoms with Crippen molar-refractivity contribution in [1.82, 2.24) is 5.16 Å². The van der Waals surface area contributed by atoms with Crippen molar-refractivity contribution in [2.45, 2.75) is 32.3 Å². The summed E-state index contributed by atoms with van der Waals surface area (Å²) in [4.78, 5) is 10.9. The molecule has 0 saturated heterocycles. The van der Waals surface area contributed by atoms with Crippen LogP contribution in [0.1, 0.15) is 35.6 Å². The Morgan fingerprint density at radius 1 is 1.13 bits per heavy atom. The van der Waals surface area contributed by atoms with Gasteiger partial charge < -0.3 is 19.1 Å². The zero-order chi connectivity index (χ0) is 26.4. The van der Waals surface area contributed by atoms with Gasteiger partial charge in [-0.05, 0) is 72.9 Å². The average Bonchev–Trinajstić information content (AvgIpc) is 3.53. The number of hydrogen-bond acceptors (Lipinski definition) is 6. The summed E-state index contributed by atoms with van der Waals surface area (Å²) < 4.78 is 17.8. The summed E-state index contributed by atoms with van der Waals surface area (Å²) in [5.74, 6) is 2.25. The van der Waals surface area contributed by atoms with Crippen molar-refractivity contribution in [3.63, 3.8) is 0 Å². The molecule has 6 nitrogen and oxygen atoms in total. The lowest BCUT2D eigenvalue weighted by Gasteiger charge is -2.12. The molecule has 1 fully saturated rings. The first kappa shape index (κ1) is 24.8. The van der Waals surface area contributed by atoms with Gasteiger partial charge >= 0.3 is 6.16 Å². The molecule has 1 aliphatic carbocycles. The van der Waals surface area contributed by atoms with Crippen molar-refractivity contribution in [3.05, 3.63) is 86.9 Å². The number of aromatic nitrogens is 1. The van der Waals surface area contributed by atoms with Gasteiger partial charge in [0.2, 0.25) is 0 Å². The molecule has 0 atom stereocenters. The van der Waals surface area contributed by atoms with Gasteiger partial charge in [-0.25, -0.2) is 4.79 Å². The van der Waals surface area contributed by atoms with E-state index < -0.39 is 6.16 Å². The number of nitrogens with zero attached hydrogens (tertiary/aromatic N) is 1. The molecule has 0 unspecified atom stereocenters. The maximum atomic E-state index is 10.9. The summed E-state index contributed by atoms with van der Waals surface area (Å²) in [5, 5.41) is 16.8. The van der Waals surface area contributed by atoms with E-state index in [4.69, 9.17) is 42.3 Å². The summed E-state index contributed by atoms with van der Waals surface area (Å²) in [7, 11) is 0. The number of rotatable bonds is 7. The Kier molecular flexibility index (Phi) is 6.51. The van der Waals surface area contributed by atoms with Crippen LogP contribution in [-0.4, -0.2) is 16.4 Å². The minimum absolute atomic E-state index is 0.276. The molecule has 38 heavy (non-hydrogen) atoms. The van der Waals surface area contributed by atoms with Crippen LogP contribution < -0.4 is 9.47 Å². The molecule has 2 aromatic heterocycles. The number of benzene rings is 3. The van der Waals surface area contributed by atoms with E-state index >= 15 is 0 Å². The summed E-state index contributed by atoms with van der Waals surface area (Å²) in [6.45, 7) is 2.31. The second-order valence-corrected chi connectivity index (χ2v) is 10.9. The summed E-state index contributed by atoms with van der Waals surface area (Å²) in [5.41, 5.74) is 5.26. The minimum Gasteiger partial charge on any atom is -0.489 e. The number of carboxylic acid groups (broad SMARTS) is 1. The largest absolute Gasteiger partial charge is 0.511 e. The highest BCUT2D eigenvalue weighted by Gasteiger charge is 2.33. The van der Waals surface area contributed by atoms with Crippen molar-refractivity contribution in [3.8, 4) is 33.9 Å². The van der Waals surface area contributed by atoms with Gasteiger partial charge in [-0.15, -0.1) is 11.3 Å². The first-order valence-electron chi connectivity index (χ1n) is 12.0. The average molecular weight is 566 g/mol. The van der Waals surface area contributed by atoms with Crippen molar-refractivity contribution in [2.24, 2.45) is 0 Å². The van der Waals surface area contributed by atoms with Crippen LogP contribution in [0.15, 0.2) is 64.5 Å². The van der Waals surface area contributed by atoms with Crippen LogP contribution >= 0.6 is 34.5 Å². The normalized spacial score (nSPS) is 13.1. The van der Waals surface area contributed by atoms with Gasteiger partial charge in [0.25, 0.3) is 0 Å². The smallest absolute Gasteiger partial charge is 0.489 e. The van der Waals surface area contributed by atoms with Gasteiger partial charge in [-0.1, -0.05) is 46.6 Å².